The molecule has 0 aliphatic rings. The number of nitrogens with zero attached hydrogens (tertiary/aromatic N) is 2. The Morgan fingerprint density at radius 1 is 1.35 bits per heavy atom. The molecule has 1 aromatic heterocycles. The molecule has 0 spiro atoms. The van der Waals surface area contributed by atoms with Gasteiger partial charge in [0.1, 0.15) is 0 Å². The van der Waals surface area contributed by atoms with Gasteiger partial charge in [-0.3, -0.25) is 14.2 Å². The highest BCUT2D eigenvalue weighted by atomic mass is 32.2. The number of rotatable bonds is 7. The van der Waals surface area contributed by atoms with Crippen LogP contribution >= 0.6 is 11.8 Å². The number of methoxy groups -OCH3 is 1. The van der Waals surface area contributed by atoms with Crippen molar-refractivity contribution in [1.29, 1.82) is 0 Å². The Kier molecular flexibility index (Phi) is 6.83. The number of ether oxygens (including phenoxy) is 1. The van der Waals surface area contributed by atoms with E-state index in [0.717, 1.165) is 0 Å². The number of carbonyl (C=O) groups excluding carboxylic acids is 1. The quantitative estimate of drug-likeness (QED) is 0.456. The van der Waals surface area contributed by atoms with E-state index in [1.54, 1.807) is 17.7 Å². The molecular formula is C19H27N3O3S. The van der Waals surface area contributed by atoms with Gasteiger partial charge in [-0.05, 0) is 46.2 Å². The summed E-state index contributed by atoms with van der Waals surface area (Å²) in [7, 11) is 1.63. The van der Waals surface area contributed by atoms with Gasteiger partial charge in [0.15, 0.2) is 5.16 Å². The van der Waals surface area contributed by atoms with Crippen molar-refractivity contribution >= 4 is 28.6 Å². The highest BCUT2D eigenvalue weighted by Gasteiger charge is 2.22. The first-order valence-corrected chi connectivity index (χ1v) is 9.58. The van der Waals surface area contributed by atoms with Gasteiger partial charge in [-0.15, -0.1) is 0 Å². The SMILES string of the molecule is COCCCn1c(SC(C)C(=O)NC(C)(C)C)nc2ccccc2c1=O. The summed E-state index contributed by atoms with van der Waals surface area (Å²) in [6.45, 7) is 8.71. The lowest BCUT2D eigenvalue weighted by molar-refractivity contribution is -0.121. The number of carbonyl (C=O) groups is 1. The minimum atomic E-state index is -0.365. The Hall–Kier alpha value is -1.86. The number of nitrogens with one attached hydrogen (secondary N) is 1. The van der Waals surface area contributed by atoms with Gasteiger partial charge >= 0.3 is 0 Å². The Balaban J connectivity index is 2.35. The normalized spacial score (nSPS) is 13.0. The molecule has 0 bridgehead atoms. The van der Waals surface area contributed by atoms with Crippen LogP contribution in [-0.4, -0.2) is 40.0 Å². The molecule has 0 saturated heterocycles. The average Bonchev–Trinajstić information content (AvgIpc) is 2.56. The molecule has 0 aliphatic carbocycles. The highest BCUT2D eigenvalue weighted by molar-refractivity contribution is 8.00. The minimum absolute atomic E-state index is 0.0756. The molecule has 0 fully saturated rings. The molecule has 1 aromatic carbocycles. The van der Waals surface area contributed by atoms with E-state index in [-0.39, 0.29) is 22.3 Å². The van der Waals surface area contributed by atoms with Crippen LogP contribution < -0.4 is 10.9 Å². The molecule has 2 rings (SSSR count). The zero-order valence-corrected chi connectivity index (χ0v) is 16.9. The van der Waals surface area contributed by atoms with Crippen molar-refractivity contribution in [2.75, 3.05) is 13.7 Å². The molecule has 1 amide bonds. The molecule has 142 valence electrons. The first-order valence-electron chi connectivity index (χ1n) is 8.70. The van der Waals surface area contributed by atoms with Crippen molar-refractivity contribution in [1.82, 2.24) is 14.9 Å². The molecule has 7 heteroatoms. The fraction of sp³-hybridized carbons (Fsp3) is 0.526. The number of para-hydroxylation sites is 1. The van der Waals surface area contributed by atoms with Gasteiger partial charge in [0.25, 0.3) is 5.56 Å². The van der Waals surface area contributed by atoms with Crippen molar-refractivity contribution in [3.8, 4) is 0 Å². The maximum absolute atomic E-state index is 12.9. The molecule has 26 heavy (non-hydrogen) atoms. The standard InChI is InChI=1S/C19H27N3O3S/c1-13(16(23)21-19(2,3)4)26-18-20-15-10-7-6-9-14(15)17(24)22(18)11-8-12-25-5/h6-7,9-10,13H,8,11-12H2,1-5H3,(H,21,23). The fourth-order valence-corrected chi connectivity index (χ4v) is 3.42. The third-order valence-electron chi connectivity index (χ3n) is 3.71. The van der Waals surface area contributed by atoms with Gasteiger partial charge in [-0.2, -0.15) is 0 Å². The second-order valence-electron chi connectivity index (χ2n) is 7.21. The molecular weight excluding hydrogens is 350 g/mol. The van der Waals surface area contributed by atoms with Gasteiger partial charge in [0.2, 0.25) is 5.91 Å². The zero-order chi connectivity index (χ0) is 19.3. The smallest absolute Gasteiger partial charge is 0.262 e. The largest absolute Gasteiger partial charge is 0.385 e. The van der Waals surface area contributed by atoms with Crippen molar-refractivity contribution in [2.45, 2.75) is 56.6 Å². The number of amides is 1. The Bertz CT molecular complexity index is 827. The average molecular weight is 378 g/mol. The van der Waals surface area contributed by atoms with E-state index in [4.69, 9.17) is 4.74 Å². The summed E-state index contributed by atoms with van der Waals surface area (Å²) >= 11 is 1.31. The third kappa shape index (κ3) is 5.32. The van der Waals surface area contributed by atoms with Crippen molar-refractivity contribution in [3.05, 3.63) is 34.6 Å². The summed E-state index contributed by atoms with van der Waals surface area (Å²) in [4.78, 5) is 29.9. The lowest BCUT2D eigenvalue weighted by Crippen LogP contribution is -2.44. The number of hydrogen-bond acceptors (Lipinski definition) is 5. The van der Waals surface area contributed by atoms with Gasteiger partial charge < -0.3 is 10.1 Å². The number of aromatic nitrogens is 2. The molecule has 6 nitrogen and oxygen atoms in total. The van der Waals surface area contributed by atoms with E-state index in [9.17, 15) is 9.59 Å². The van der Waals surface area contributed by atoms with Crippen LogP contribution in [0.5, 0.6) is 0 Å². The second-order valence-corrected chi connectivity index (χ2v) is 8.52. The lowest BCUT2D eigenvalue weighted by atomic mass is 10.1. The van der Waals surface area contributed by atoms with Crippen LogP contribution in [0.25, 0.3) is 10.9 Å². The van der Waals surface area contributed by atoms with Crippen LogP contribution in [0.1, 0.15) is 34.1 Å². The maximum atomic E-state index is 12.9. The van der Waals surface area contributed by atoms with Crippen molar-refractivity contribution < 1.29 is 9.53 Å². The molecule has 1 heterocycles. The van der Waals surface area contributed by atoms with E-state index in [1.165, 1.54) is 11.8 Å². The van der Waals surface area contributed by atoms with Crippen LogP contribution in [0, 0.1) is 0 Å². The first kappa shape index (κ1) is 20.5. The molecule has 0 radical (unpaired) electrons. The van der Waals surface area contributed by atoms with E-state index in [2.05, 4.69) is 10.3 Å². The number of hydrogen-bond donors (Lipinski definition) is 1. The summed E-state index contributed by atoms with van der Waals surface area (Å²) in [5.74, 6) is -0.0756. The summed E-state index contributed by atoms with van der Waals surface area (Å²) in [6, 6.07) is 7.28. The molecule has 2 aromatic rings. The van der Waals surface area contributed by atoms with Gasteiger partial charge in [-0.25, -0.2) is 4.98 Å². The molecule has 1 N–H and O–H groups in total. The molecule has 1 atom stereocenters. The maximum Gasteiger partial charge on any atom is 0.262 e. The number of thioether (sulfide) groups is 1. The van der Waals surface area contributed by atoms with Crippen LogP contribution in [-0.2, 0) is 16.1 Å². The fourth-order valence-electron chi connectivity index (χ4n) is 2.48. The van der Waals surface area contributed by atoms with Crippen LogP contribution in [0.15, 0.2) is 34.2 Å². The summed E-state index contributed by atoms with van der Waals surface area (Å²) in [5, 5.41) is 3.74. The van der Waals surface area contributed by atoms with Gasteiger partial charge in [-0.1, -0.05) is 23.9 Å². The minimum Gasteiger partial charge on any atom is -0.385 e. The first-order chi connectivity index (χ1) is 12.2. The number of benzene rings is 1. The molecule has 0 aliphatic heterocycles. The Morgan fingerprint density at radius 3 is 2.69 bits per heavy atom. The third-order valence-corrected chi connectivity index (χ3v) is 4.80. The predicted molar refractivity (Wildman–Crippen MR) is 106 cm³/mol. The van der Waals surface area contributed by atoms with Gasteiger partial charge in [0.05, 0.1) is 16.2 Å². The zero-order valence-electron chi connectivity index (χ0n) is 16.0. The summed E-state index contributed by atoms with van der Waals surface area (Å²) in [6.07, 6.45) is 0.701. The molecule has 1 unspecified atom stereocenters. The van der Waals surface area contributed by atoms with Gasteiger partial charge in [0, 0.05) is 25.8 Å². The second kappa shape index (κ2) is 8.68. The highest BCUT2D eigenvalue weighted by Crippen LogP contribution is 2.23. The van der Waals surface area contributed by atoms with E-state index >= 15 is 0 Å². The van der Waals surface area contributed by atoms with E-state index in [0.29, 0.717) is 35.6 Å². The Labute approximate surface area is 158 Å². The van der Waals surface area contributed by atoms with Crippen LogP contribution in [0.4, 0.5) is 0 Å². The van der Waals surface area contributed by atoms with Crippen LogP contribution in [0.2, 0.25) is 0 Å². The summed E-state index contributed by atoms with van der Waals surface area (Å²) < 4.78 is 6.74. The lowest BCUT2D eigenvalue weighted by Gasteiger charge is -2.23. The van der Waals surface area contributed by atoms with Crippen molar-refractivity contribution in [2.24, 2.45) is 0 Å². The Morgan fingerprint density at radius 2 is 2.04 bits per heavy atom. The van der Waals surface area contributed by atoms with E-state index < -0.39 is 0 Å². The summed E-state index contributed by atoms with van der Waals surface area (Å²) in [5.41, 5.74) is 0.255. The predicted octanol–water partition coefficient (Wildman–Crippen LogP) is 2.83. The number of fused-ring (bicyclic) bond motifs is 1. The van der Waals surface area contributed by atoms with Crippen LogP contribution in [0.3, 0.4) is 0 Å². The monoisotopic (exact) mass is 377 g/mol. The van der Waals surface area contributed by atoms with E-state index in [1.807, 2.05) is 45.9 Å². The van der Waals surface area contributed by atoms with Crippen molar-refractivity contribution in [3.63, 3.8) is 0 Å². The molecule has 0 saturated carbocycles. The topological polar surface area (TPSA) is 73.2 Å².